The van der Waals surface area contributed by atoms with Crippen molar-refractivity contribution >= 4 is 35.4 Å². The second kappa shape index (κ2) is 5.94. The molecule has 0 aromatic heterocycles. The molecule has 0 spiro atoms. The van der Waals surface area contributed by atoms with Crippen LogP contribution < -0.4 is 4.74 Å². The predicted molar refractivity (Wildman–Crippen MR) is 78.4 cm³/mol. The van der Waals surface area contributed by atoms with Crippen molar-refractivity contribution in [3.63, 3.8) is 0 Å². The smallest absolute Gasteiger partial charge is 0.118 e. The fraction of sp³-hybridized carbons (Fsp3) is 0.0667. The zero-order valence-corrected chi connectivity index (χ0v) is 11.4. The minimum atomic E-state index is 0.646. The topological polar surface area (TPSA) is 9.23 Å². The Kier molecular flexibility index (Phi) is 4.29. The molecule has 0 heterocycles. The van der Waals surface area contributed by atoms with E-state index in [0.717, 1.165) is 16.9 Å². The maximum Gasteiger partial charge on any atom is 0.118 e. The molecule has 2 rings (SSSR count). The Morgan fingerprint density at radius 2 is 1.50 bits per heavy atom. The van der Waals surface area contributed by atoms with Gasteiger partial charge in [0, 0.05) is 15.6 Å². The summed E-state index contributed by atoms with van der Waals surface area (Å²) in [5, 5.41) is 1.29. The highest BCUT2D eigenvalue weighted by Crippen LogP contribution is 2.26. The van der Waals surface area contributed by atoms with E-state index in [1.165, 1.54) is 0 Å². The van der Waals surface area contributed by atoms with E-state index >= 15 is 0 Å². The molecule has 0 saturated heterocycles. The summed E-state index contributed by atoms with van der Waals surface area (Å²) < 4.78 is 5.10. The third-order valence-corrected chi connectivity index (χ3v) is 3.22. The van der Waals surface area contributed by atoms with Crippen molar-refractivity contribution in [2.75, 3.05) is 7.11 Å². The van der Waals surface area contributed by atoms with Crippen molar-refractivity contribution in [1.29, 1.82) is 0 Å². The number of benzene rings is 2. The van der Waals surface area contributed by atoms with E-state index in [2.05, 4.69) is 0 Å². The molecule has 0 aliphatic carbocycles. The lowest BCUT2D eigenvalue weighted by atomic mass is 10.1. The molecule has 0 saturated carbocycles. The molecule has 0 unspecified atom stereocenters. The quantitative estimate of drug-likeness (QED) is 0.704. The van der Waals surface area contributed by atoms with E-state index in [-0.39, 0.29) is 0 Å². The van der Waals surface area contributed by atoms with Gasteiger partial charge in [-0.2, -0.15) is 0 Å². The van der Waals surface area contributed by atoms with Crippen molar-refractivity contribution in [1.82, 2.24) is 0 Å². The summed E-state index contributed by atoms with van der Waals surface area (Å²) in [6, 6.07) is 13.2. The first-order valence-corrected chi connectivity index (χ1v) is 6.22. The lowest BCUT2D eigenvalue weighted by Crippen LogP contribution is -1.81. The van der Waals surface area contributed by atoms with Crippen LogP contribution in [0.4, 0.5) is 0 Å². The molecule has 0 atom stereocenters. The third-order valence-electron chi connectivity index (χ3n) is 2.56. The standard InChI is InChI=1S/C15H12Cl2O/c1-18-12-8-5-11(6-9-12)7-10-13-14(16)3-2-4-15(13)17/h2-10H,1H3/b10-7+. The number of hydrogen-bond donors (Lipinski definition) is 0. The summed E-state index contributed by atoms with van der Waals surface area (Å²) in [5.41, 5.74) is 1.89. The molecule has 0 aliphatic heterocycles. The monoisotopic (exact) mass is 278 g/mol. The molecule has 0 bridgehead atoms. The Balaban J connectivity index is 2.24. The molecule has 0 N–H and O–H groups in total. The highest BCUT2D eigenvalue weighted by Gasteiger charge is 2.00. The molecular formula is C15H12Cl2O. The molecule has 0 radical (unpaired) electrons. The van der Waals surface area contributed by atoms with Crippen LogP contribution >= 0.6 is 23.2 Å². The lowest BCUT2D eigenvalue weighted by molar-refractivity contribution is 0.415. The second-order valence-corrected chi connectivity index (χ2v) is 4.56. The van der Waals surface area contributed by atoms with Crippen LogP contribution in [0, 0.1) is 0 Å². The van der Waals surface area contributed by atoms with Gasteiger partial charge < -0.3 is 4.74 Å². The van der Waals surface area contributed by atoms with Gasteiger partial charge in [-0.3, -0.25) is 0 Å². The Morgan fingerprint density at radius 1 is 0.889 bits per heavy atom. The molecule has 0 aliphatic rings. The van der Waals surface area contributed by atoms with Gasteiger partial charge in [0.2, 0.25) is 0 Å². The molecular weight excluding hydrogens is 267 g/mol. The molecule has 2 aromatic carbocycles. The van der Waals surface area contributed by atoms with Crippen molar-refractivity contribution in [2.24, 2.45) is 0 Å². The van der Waals surface area contributed by atoms with E-state index in [0.29, 0.717) is 10.0 Å². The number of methoxy groups -OCH3 is 1. The van der Waals surface area contributed by atoms with Crippen LogP contribution in [-0.4, -0.2) is 7.11 Å². The van der Waals surface area contributed by atoms with Crippen LogP contribution in [0.5, 0.6) is 5.75 Å². The number of hydrogen-bond acceptors (Lipinski definition) is 1. The van der Waals surface area contributed by atoms with Crippen molar-refractivity contribution in [3.8, 4) is 5.75 Å². The van der Waals surface area contributed by atoms with Crippen molar-refractivity contribution in [2.45, 2.75) is 0 Å². The first kappa shape index (κ1) is 13.0. The van der Waals surface area contributed by atoms with E-state index < -0.39 is 0 Å². The molecule has 0 amide bonds. The maximum absolute atomic E-state index is 6.09. The van der Waals surface area contributed by atoms with Crippen molar-refractivity contribution < 1.29 is 4.74 Å². The molecule has 1 nitrogen and oxygen atoms in total. The maximum atomic E-state index is 6.09. The van der Waals surface area contributed by atoms with Crippen molar-refractivity contribution in [3.05, 3.63) is 63.6 Å². The first-order chi connectivity index (χ1) is 8.70. The minimum Gasteiger partial charge on any atom is -0.497 e. The van der Waals surface area contributed by atoms with Gasteiger partial charge in [0.05, 0.1) is 7.11 Å². The Labute approximate surface area is 117 Å². The SMILES string of the molecule is COc1ccc(/C=C/c2c(Cl)cccc2Cl)cc1. The van der Waals surface area contributed by atoms with Gasteiger partial charge in [-0.05, 0) is 29.8 Å². The van der Waals surface area contributed by atoms with E-state index in [1.54, 1.807) is 7.11 Å². The van der Waals surface area contributed by atoms with Gasteiger partial charge in [0.25, 0.3) is 0 Å². The van der Waals surface area contributed by atoms with Crippen LogP contribution in [0.25, 0.3) is 12.2 Å². The van der Waals surface area contributed by atoms with Gasteiger partial charge in [-0.1, -0.05) is 53.6 Å². The zero-order chi connectivity index (χ0) is 13.0. The largest absolute Gasteiger partial charge is 0.497 e. The summed E-state index contributed by atoms with van der Waals surface area (Å²) >= 11 is 12.2. The van der Waals surface area contributed by atoms with Gasteiger partial charge in [0.15, 0.2) is 0 Å². The van der Waals surface area contributed by atoms with E-state index in [9.17, 15) is 0 Å². The van der Waals surface area contributed by atoms with Crippen LogP contribution in [0.1, 0.15) is 11.1 Å². The average Bonchev–Trinajstić information content (AvgIpc) is 2.39. The summed E-state index contributed by atoms with van der Waals surface area (Å²) in [7, 11) is 1.65. The summed E-state index contributed by atoms with van der Waals surface area (Å²) in [6.07, 6.45) is 3.87. The van der Waals surface area contributed by atoms with Crippen LogP contribution in [0.3, 0.4) is 0 Å². The van der Waals surface area contributed by atoms with Crippen LogP contribution in [-0.2, 0) is 0 Å². The summed E-state index contributed by atoms with van der Waals surface area (Å²) in [4.78, 5) is 0. The molecule has 3 heteroatoms. The average molecular weight is 279 g/mol. The zero-order valence-electron chi connectivity index (χ0n) is 9.86. The highest BCUT2D eigenvalue weighted by molar-refractivity contribution is 6.37. The predicted octanol–water partition coefficient (Wildman–Crippen LogP) is 5.17. The number of rotatable bonds is 3. The number of halogens is 2. The molecule has 2 aromatic rings. The Hall–Kier alpha value is -1.44. The molecule has 92 valence electrons. The van der Waals surface area contributed by atoms with Gasteiger partial charge in [0.1, 0.15) is 5.75 Å². The fourth-order valence-electron chi connectivity index (χ4n) is 1.56. The van der Waals surface area contributed by atoms with E-state index in [4.69, 9.17) is 27.9 Å². The normalized spacial score (nSPS) is 10.8. The molecule has 18 heavy (non-hydrogen) atoms. The van der Waals surface area contributed by atoms with Gasteiger partial charge in [-0.15, -0.1) is 0 Å². The number of ether oxygens (including phenoxy) is 1. The first-order valence-electron chi connectivity index (χ1n) is 5.47. The van der Waals surface area contributed by atoms with Crippen LogP contribution in [0.15, 0.2) is 42.5 Å². The Morgan fingerprint density at radius 3 is 2.06 bits per heavy atom. The van der Waals surface area contributed by atoms with Gasteiger partial charge in [-0.25, -0.2) is 0 Å². The summed E-state index contributed by atoms with van der Waals surface area (Å²) in [5.74, 6) is 0.836. The van der Waals surface area contributed by atoms with E-state index in [1.807, 2.05) is 54.6 Å². The molecule has 0 fully saturated rings. The van der Waals surface area contributed by atoms with Crippen LogP contribution in [0.2, 0.25) is 10.0 Å². The fourth-order valence-corrected chi connectivity index (χ4v) is 2.09. The minimum absolute atomic E-state index is 0.646. The van der Waals surface area contributed by atoms with Gasteiger partial charge >= 0.3 is 0 Å². The lowest BCUT2D eigenvalue weighted by Gasteiger charge is -2.02. The highest BCUT2D eigenvalue weighted by atomic mass is 35.5. The Bertz CT molecular complexity index is 539. The third kappa shape index (κ3) is 3.06. The summed E-state index contributed by atoms with van der Waals surface area (Å²) in [6.45, 7) is 0. The second-order valence-electron chi connectivity index (χ2n) is 3.74.